The summed E-state index contributed by atoms with van der Waals surface area (Å²) in [5.41, 5.74) is 2.62. The average Bonchev–Trinajstić information content (AvgIpc) is 2.44. The molecule has 1 aromatic rings. The normalized spacial score (nSPS) is 15.4. The van der Waals surface area contributed by atoms with Crippen LogP contribution in [0.15, 0.2) is 0 Å². The first-order valence-electron chi connectivity index (χ1n) is 5.48. The predicted octanol–water partition coefficient (Wildman–Crippen LogP) is 2.21. The number of aromatic nitrogens is 2. The minimum atomic E-state index is 0.686. The van der Waals surface area contributed by atoms with E-state index in [1.54, 1.807) is 0 Å². The summed E-state index contributed by atoms with van der Waals surface area (Å²) in [7, 11) is 0. The number of hydrogen-bond donors (Lipinski definition) is 1. The highest BCUT2D eigenvalue weighted by molar-refractivity contribution is 5.35. The Morgan fingerprint density at radius 1 is 1.50 bits per heavy atom. The van der Waals surface area contributed by atoms with Crippen LogP contribution in [0.1, 0.15) is 31.7 Å². The van der Waals surface area contributed by atoms with E-state index >= 15 is 0 Å². The summed E-state index contributed by atoms with van der Waals surface area (Å²) < 4.78 is 2.31. The highest BCUT2D eigenvalue weighted by Crippen LogP contribution is 2.21. The molecule has 0 spiro atoms. The van der Waals surface area contributed by atoms with Gasteiger partial charge in [0.1, 0.15) is 0 Å². The van der Waals surface area contributed by atoms with E-state index in [1.165, 1.54) is 17.8 Å². The first-order valence-corrected chi connectivity index (χ1v) is 5.48. The molecule has 1 aromatic heterocycles. The molecule has 0 unspecified atom stereocenters. The van der Waals surface area contributed by atoms with Gasteiger partial charge in [-0.25, -0.2) is 4.98 Å². The molecule has 1 N–H and O–H groups in total. The largest absolute Gasteiger partial charge is 0.356 e. The molecule has 2 rings (SSSR count). The van der Waals surface area contributed by atoms with Crippen LogP contribution >= 0.6 is 0 Å². The molecular weight excluding hydrogens is 174 g/mol. The molecule has 0 saturated heterocycles. The van der Waals surface area contributed by atoms with Crippen molar-refractivity contribution >= 4 is 5.95 Å². The molecule has 1 aliphatic heterocycles. The van der Waals surface area contributed by atoms with Crippen molar-refractivity contribution in [3.8, 4) is 0 Å². The lowest BCUT2D eigenvalue weighted by atomic mass is 10.1. The van der Waals surface area contributed by atoms with Crippen LogP contribution in [0.5, 0.6) is 0 Å². The van der Waals surface area contributed by atoms with E-state index in [0.717, 1.165) is 25.5 Å². The zero-order valence-electron chi connectivity index (χ0n) is 9.30. The number of nitrogens with zero attached hydrogens (tertiary/aromatic N) is 2. The van der Waals surface area contributed by atoms with Gasteiger partial charge in [-0.15, -0.1) is 0 Å². The maximum absolute atomic E-state index is 4.64. The van der Waals surface area contributed by atoms with Crippen molar-refractivity contribution in [1.82, 2.24) is 9.55 Å². The van der Waals surface area contributed by atoms with Crippen molar-refractivity contribution in [3.05, 3.63) is 11.4 Å². The monoisotopic (exact) mass is 193 g/mol. The third-order valence-corrected chi connectivity index (χ3v) is 2.76. The molecule has 3 heteroatoms. The van der Waals surface area contributed by atoms with Gasteiger partial charge in [-0.3, -0.25) is 0 Å². The third-order valence-electron chi connectivity index (χ3n) is 2.76. The van der Waals surface area contributed by atoms with Crippen molar-refractivity contribution < 1.29 is 0 Å². The summed E-state index contributed by atoms with van der Waals surface area (Å²) in [6, 6.07) is 0. The highest BCUT2D eigenvalue weighted by Gasteiger charge is 2.16. The Morgan fingerprint density at radius 2 is 2.29 bits per heavy atom. The summed E-state index contributed by atoms with van der Waals surface area (Å²) in [6.07, 6.45) is 2.30. The minimum absolute atomic E-state index is 0.686. The molecule has 1 aliphatic rings. The number of nitrogens with one attached hydrogen (secondary N) is 1. The van der Waals surface area contributed by atoms with Crippen LogP contribution in [0.2, 0.25) is 0 Å². The zero-order chi connectivity index (χ0) is 10.1. The fraction of sp³-hybridized carbons (Fsp3) is 0.727. The summed E-state index contributed by atoms with van der Waals surface area (Å²) in [6.45, 7) is 8.86. The molecule has 0 amide bonds. The molecule has 0 aliphatic carbocycles. The van der Waals surface area contributed by atoms with E-state index in [2.05, 4.69) is 35.6 Å². The van der Waals surface area contributed by atoms with Crippen molar-refractivity contribution in [1.29, 1.82) is 0 Å². The van der Waals surface area contributed by atoms with Crippen molar-refractivity contribution in [3.63, 3.8) is 0 Å². The van der Waals surface area contributed by atoms with E-state index in [9.17, 15) is 0 Å². The lowest BCUT2D eigenvalue weighted by molar-refractivity contribution is 0.608. The standard InChI is InChI=1S/C11H19N3/c1-8(2)7-10-9(3)14-6-4-5-12-11(14)13-10/h8H,4-7H2,1-3H3,(H,12,13). The van der Waals surface area contributed by atoms with E-state index in [-0.39, 0.29) is 0 Å². The van der Waals surface area contributed by atoms with Gasteiger partial charge in [0.2, 0.25) is 5.95 Å². The number of rotatable bonds is 2. The Hall–Kier alpha value is -0.990. The minimum Gasteiger partial charge on any atom is -0.356 e. The Labute approximate surface area is 85.5 Å². The van der Waals surface area contributed by atoms with Gasteiger partial charge in [0.25, 0.3) is 0 Å². The lowest BCUT2D eigenvalue weighted by Gasteiger charge is -2.16. The number of anilines is 1. The first-order chi connectivity index (χ1) is 6.68. The second-order valence-corrected chi connectivity index (χ2v) is 4.50. The van der Waals surface area contributed by atoms with Gasteiger partial charge >= 0.3 is 0 Å². The number of fused-ring (bicyclic) bond motifs is 1. The fourth-order valence-corrected chi connectivity index (χ4v) is 2.01. The summed E-state index contributed by atoms with van der Waals surface area (Å²) in [5.74, 6) is 1.76. The average molecular weight is 193 g/mol. The lowest BCUT2D eigenvalue weighted by Crippen LogP contribution is -2.17. The molecule has 0 radical (unpaired) electrons. The molecule has 14 heavy (non-hydrogen) atoms. The van der Waals surface area contributed by atoms with Gasteiger partial charge < -0.3 is 9.88 Å². The van der Waals surface area contributed by atoms with E-state index in [1.807, 2.05) is 0 Å². The number of imidazole rings is 1. The van der Waals surface area contributed by atoms with Gasteiger partial charge in [-0.05, 0) is 25.7 Å². The smallest absolute Gasteiger partial charge is 0.203 e. The van der Waals surface area contributed by atoms with Crippen LogP contribution in [0.3, 0.4) is 0 Å². The molecule has 0 bridgehead atoms. The SMILES string of the molecule is Cc1c(CC(C)C)nc2n1CCCN2. The van der Waals surface area contributed by atoms with E-state index < -0.39 is 0 Å². The van der Waals surface area contributed by atoms with Crippen LogP contribution in [0, 0.1) is 12.8 Å². The molecule has 0 fully saturated rings. The van der Waals surface area contributed by atoms with E-state index in [0.29, 0.717) is 5.92 Å². The topological polar surface area (TPSA) is 29.9 Å². The van der Waals surface area contributed by atoms with Crippen LogP contribution in [-0.2, 0) is 13.0 Å². The van der Waals surface area contributed by atoms with Gasteiger partial charge in [0.05, 0.1) is 5.69 Å². The Morgan fingerprint density at radius 3 is 2.93 bits per heavy atom. The summed E-state index contributed by atoms with van der Waals surface area (Å²) in [4.78, 5) is 4.64. The predicted molar refractivity (Wildman–Crippen MR) is 58.6 cm³/mol. The zero-order valence-corrected chi connectivity index (χ0v) is 9.30. The summed E-state index contributed by atoms with van der Waals surface area (Å²) >= 11 is 0. The van der Waals surface area contributed by atoms with Crippen molar-refractivity contribution in [2.45, 2.75) is 40.2 Å². The van der Waals surface area contributed by atoms with Crippen LogP contribution in [0.4, 0.5) is 5.95 Å². The second-order valence-electron chi connectivity index (χ2n) is 4.50. The van der Waals surface area contributed by atoms with Crippen LogP contribution in [-0.4, -0.2) is 16.1 Å². The van der Waals surface area contributed by atoms with Crippen LogP contribution < -0.4 is 5.32 Å². The molecule has 3 nitrogen and oxygen atoms in total. The first kappa shape index (κ1) is 9.56. The van der Waals surface area contributed by atoms with Gasteiger partial charge in [0.15, 0.2) is 0 Å². The number of hydrogen-bond acceptors (Lipinski definition) is 2. The van der Waals surface area contributed by atoms with Gasteiger partial charge in [-0.2, -0.15) is 0 Å². The van der Waals surface area contributed by atoms with Gasteiger partial charge in [-0.1, -0.05) is 13.8 Å². The third kappa shape index (κ3) is 1.63. The van der Waals surface area contributed by atoms with Crippen molar-refractivity contribution in [2.75, 3.05) is 11.9 Å². The van der Waals surface area contributed by atoms with Crippen molar-refractivity contribution in [2.24, 2.45) is 5.92 Å². The quantitative estimate of drug-likeness (QED) is 0.780. The van der Waals surface area contributed by atoms with E-state index in [4.69, 9.17) is 0 Å². The molecule has 0 aromatic carbocycles. The molecular formula is C11H19N3. The Balaban J connectivity index is 2.29. The molecule has 78 valence electrons. The maximum atomic E-state index is 4.64. The molecule has 2 heterocycles. The fourth-order valence-electron chi connectivity index (χ4n) is 2.01. The summed E-state index contributed by atoms with van der Waals surface area (Å²) in [5, 5.41) is 3.35. The van der Waals surface area contributed by atoms with Gasteiger partial charge in [0, 0.05) is 18.8 Å². The van der Waals surface area contributed by atoms with Crippen LogP contribution in [0.25, 0.3) is 0 Å². The highest BCUT2D eigenvalue weighted by atomic mass is 15.2. The second kappa shape index (κ2) is 3.64. The Bertz CT molecular complexity index is 326. The Kier molecular flexibility index (Phi) is 2.48. The molecule has 0 saturated carbocycles. The molecule has 0 atom stereocenters. The maximum Gasteiger partial charge on any atom is 0.203 e.